The largest absolute Gasteiger partial charge is 0.354 e. The topological polar surface area (TPSA) is 54.2 Å². The molecule has 0 amide bonds. The van der Waals surface area contributed by atoms with Gasteiger partial charge in [0.05, 0.1) is 0 Å². The van der Waals surface area contributed by atoms with Crippen LogP contribution in [0.1, 0.15) is 167 Å². The molecule has 8 aliphatic rings. The van der Waals surface area contributed by atoms with Gasteiger partial charge in [-0.2, -0.15) is 0 Å². The average molecular weight is 549 g/mol. The number of amidine groups is 2. The van der Waals surface area contributed by atoms with Crippen LogP contribution in [0.25, 0.3) is 0 Å². The lowest BCUT2D eigenvalue weighted by atomic mass is 9.43. The summed E-state index contributed by atoms with van der Waals surface area (Å²) in [6.07, 6.45) is 34.7. The number of nitrogens with zero attached hydrogens (tertiary/aromatic N) is 2. The number of hydrogen-bond acceptors (Lipinski definition) is 2. The van der Waals surface area contributed by atoms with Gasteiger partial charge in [0.1, 0.15) is 11.7 Å². The van der Waals surface area contributed by atoms with E-state index in [9.17, 15) is 10.8 Å². The zero-order valence-electron chi connectivity index (χ0n) is 25.7. The molecular weight excluding hydrogens is 488 g/mol. The molecule has 0 unspecified atom stereocenters. The maximum absolute atomic E-state index is 10.2. The van der Waals surface area contributed by atoms with Gasteiger partial charge >= 0.3 is 0 Å². The fourth-order valence-electron chi connectivity index (χ4n) is 12.1. The summed E-state index contributed by atoms with van der Waals surface area (Å²) in [5, 5.41) is 20.3. The van der Waals surface area contributed by atoms with E-state index in [2.05, 4.69) is 9.80 Å². The number of rotatable bonds is 6. The van der Waals surface area contributed by atoms with E-state index in [4.69, 9.17) is 0 Å². The quantitative estimate of drug-likeness (QED) is 0.256. The highest BCUT2D eigenvalue weighted by atomic mass is 15.3. The Morgan fingerprint density at radius 3 is 0.975 bits per heavy atom. The van der Waals surface area contributed by atoms with Crippen molar-refractivity contribution in [2.24, 2.45) is 22.7 Å². The molecule has 4 nitrogen and oxygen atoms in total. The van der Waals surface area contributed by atoms with Crippen molar-refractivity contribution < 1.29 is 0 Å². The zero-order valence-corrected chi connectivity index (χ0v) is 25.7. The SMILES string of the molecule is N=C(N(C1CCCCC1)C1CCCCC1)C12CC3CC(C1)CC(C(=N)N(C1CCCCC1)C1CCCCC1)(C3)C2. The third kappa shape index (κ3) is 5.08. The molecule has 0 spiro atoms. The Bertz CT molecular complexity index is 782. The van der Waals surface area contributed by atoms with Gasteiger partial charge in [-0.15, -0.1) is 0 Å². The third-order valence-electron chi connectivity index (χ3n) is 13.5. The molecule has 0 radical (unpaired) electrons. The van der Waals surface area contributed by atoms with Gasteiger partial charge in [-0.25, -0.2) is 0 Å². The Balaban J connectivity index is 1.20. The summed E-state index contributed by atoms with van der Waals surface area (Å²) < 4.78 is 0. The van der Waals surface area contributed by atoms with Crippen LogP contribution in [0.4, 0.5) is 0 Å². The van der Waals surface area contributed by atoms with Gasteiger partial charge in [-0.3, -0.25) is 10.8 Å². The van der Waals surface area contributed by atoms with Crippen LogP contribution >= 0.6 is 0 Å². The normalized spacial score (nSPS) is 37.9. The maximum atomic E-state index is 10.2. The van der Waals surface area contributed by atoms with Crippen molar-refractivity contribution in [3.05, 3.63) is 0 Å². The van der Waals surface area contributed by atoms with Crippen molar-refractivity contribution >= 4 is 11.7 Å². The Morgan fingerprint density at radius 2 is 0.700 bits per heavy atom. The lowest BCUT2D eigenvalue weighted by molar-refractivity contribution is -0.0599. The fraction of sp³-hybridized carbons (Fsp3) is 0.944. The van der Waals surface area contributed by atoms with E-state index in [-0.39, 0.29) is 10.8 Å². The van der Waals surface area contributed by atoms with Gasteiger partial charge in [0, 0.05) is 35.0 Å². The molecular formula is C36H60N4. The average Bonchev–Trinajstić information content (AvgIpc) is 2.99. The molecule has 4 heteroatoms. The summed E-state index contributed by atoms with van der Waals surface area (Å²) in [4.78, 5) is 5.59. The molecule has 224 valence electrons. The Kier molecular flexibility index (Phi) is 8.02. The Labute approximate surface area is 245 Å². The molecule has 8 aliphatic carbocycles. The molecule has 0 aromatic heterocycles. The van der Waals surface area contributed by atoms with Crippen LogP contribution in [-0.2, 0) is 0 Å². The summed E-state index contributed by atoms with van der Waals surface area (Å²) in [5.74, 6) is 3.67. The lowest BCUT2D eigenvalue weighted by Crippen LogP contribution is -2.65. The van der Waals surface area contributed by atoms with Crippen LogP contribution in [-0.4, -0.2) is 45.6 Å². The lowest BCUT2D eigenvalue weighted by Gasteiger charge is -2.65. The zero-order chi connectivity index (χ0) is 27.2. The van der Waals surface area contributed by atoms with Crippen molar-refractivity contribution in [3.63, 3.8) is 0 Å². The predicted octanol–water partition coefficient (Wildman–Crippen LogP) is 9.46. The second-order valence-electron chi connectivity index (χ2n) is 16.2. The van der Waals surface area contributed by atoms with E-state index in [0.29, 0.717) is 24.2 Å². The molecule has 0 aliphatic heterocycles. The molecule has 8 rings (SSSR count). The van der Waals surface area contributed by atoms with E-state index in [0.717, 1.165) is 29.9 Å². The minimum absolute atomic E-state index is 0.0517. The van der Waals surface area contributed by atoms with Crippen LogP contribution in [0, 0.1) is 33.5 Å². The van der Waals surface area contributed by atoms with Gasteiger partial charge in [-0.1, -0.05) is 77.0 Å². The predicted molar refractivity (Wildman–Crippen MR) is 166 cm³/mol. The number of hydrogen-bond donors (Lipinski definition) is 2. The molecule has 4 bridgehead atoms. The highest BCUT2D eigenvalue weighted by Crippen LogP contribution is 2.67. The molecule has 40 heavy (non-hydrogen) atoms. The second-order valence-corrected chi connectivity index (χ2v) is 16.2. The van der Waals surface area contributed by atoms with Gasteiger partial charge in [-0.05, 0) is 102 Å². The van der Waals surface area contributed by atoms with E-state index in [1.807, 2.05) is 0 Å². The van der Waals surface area contributed by atoms with Crippen molar-refractivity contribution in [1.29, 1.82) is 10.8 Å². The maximum Gasteiger partial charge on any atom is 0.103 e. The second kappa shape index (κ2) is 11.6. The van der Waals surface area contributed by atoms with Crippen molar-refractivity contribution in [2.45, 2.75) is 191 Å². The van der Waals surface area contributed by atoms with Crippen LogP contribution in [0.5, 0.6) is 0 Å². The van der Waals surface area contributed by atoms with E-state index in [1.165, 1.54) is 161 Å². The van der Waals surface area contributed by atoms with Crippen LogP contribution in [0.15, 0.2) is 0 Å². The van der Waals surface area contributed by atoms with E-state index < -0.39 is 0 Å². The van der Waals surface area contributed by atoms with Gasteiger partial charge < -0.3 is 9.80 Å². The van der Waals surface area contributed by atoms with Crippen molar-refractivity contribution in [1.82, 2.24) is 9.80 Å². The van der Waals surface area contributed by atoms with Crippen LogP contribution in [0.2, 0.25) is 0 Å². The summed E-state index contributed by atoms with van der Waals surface area (Å²) in [5.41, 5.74) is 0.103. The summed E-state index contributed by atoms with van der Waals surface area (Å²) in [7, 11) is 0. The minimum Gasteiger partial charge on any atom is -0.354 e. The van der Waals surface area contributed by atoms with Crippen molar-refractivity contribution in [3.8, 4) is 0 Å². The molecule has 0 atom stereocenters. The first-order valence-corrected chi connectivity index (χ1v) is 18.3. The molecule has 0 heterocycles. The highest BCUT2D eigenvalue weighted by Gasteiger charge is 2.63. The summed E-state index contributed by atoms with van der Waals surface area (Å²) in [6.45, 7) is 0. The van der Waals surface area contributed by atoms with Crippen LogP contribution < -0.4 is 0 Å². The first kappa shape index (κ1) is 27.8. The molecule has 0 aromatic rings. The monoisotopic (exact) mass is 548 g/mol. The highest BCUT2D eigenvalue weighted by molar-refractivity contribution is 5.91. The first-order chi connectivity index (χ1) is 19.6. The number of nitrogens with one attached hydrogen (secondary N) is 2. The van der Waals surface area contributed by atoms with Crippen molar-refractivity contribution in [2.75, 3.05) is 0 Å². The Morgan fingerprint density at radius 1 is 0.425 bits per heavy atom. The van der Waals surface area contributed by atoms with Gasteiger partial charge in [0.15, 0.2) is 0 Å². The van der Waals surface area contributed by atoms with E-state index >= 15 is 0 Å². The molecule has 8 saturated carbocycles. The molecule has 0 aromatic carbocycles. The van der Waals surface area contributed by atoms with Gasteiger partial charge in [0.2, 0.25) is 0 Å². The first-order valence-electron chi connectivity index (χ1n) is 18.3. The van der Waals surface area contributed by atoms with Gasteiger partial charge in [0.25, 0.3) is 0 Å². The van der Waals surface area contributed by atoms with Crippen LogP contribution in [0.3, 0.4) is 0 Å². The molecule has 8 fully saturated rings. The standard InChI is InChI=1S/C36H60N4/c37-33(39(29-13-5-1-6-14-29)30-15-7-2-8-16-30)35-22-27-21-28(23-35)25-36(24-27,26-35)34(38)40(31-17-9-3-10-18-31)32-19-11-4-12-20-32/h27-32,37-38H,1-26H2. The third-order valence-corrected chi connectivity index (χ3v) is 13.5. The Hall–Kier alpha value is -1.06. The smallest absolute Gasteiger partial charge is 0.103 e. The molecule has 0 saturated heterocycles. The summed E-state index contributed by atoms with van der Waals surface area (Å²) >= 11 is 0. The minimum atomic E-state index is 0.0517. The van der Waals surface area contributed by atoms with E-state index in [1.54, 1.807) is 0 Å². The molecule has 2 N–H and O–H groups in total. The summed E-state index contributed by atoms with van der Waals surface area (Å²) in [6, 6.07) is 2.48. The fourth-order valence-corrected chi connectivity index (χ4v) is 12.1.